The summed E-state index contributed by atoms with van der Waals surface area (Å²) in [6, 6.07) is 5.74. The van der Waals surface area contributed by atoms with Crippen molar-refractivity contribution in [3.63, 3.8) is 0 Å². The lowest BCUT2D eigenvalue weighted by molar-refractivity contribution is 0.221. The minimum atomic E-state index is 0.763. The van der Waals surface area contributed by atoms with Gasteiger partial charge in [0.05, 0.1) is 10.7 Å². The molecule has 4 heteroatoms. The van der Waals surface area contributed by atoms with E-state index < -0.39 is 0 Å². The van der Waals surface area contributed by atoms with Gasteiger partial charge in [-0.15, -0.1) is 0 Å². The molecule has 1 heterocycles. The highest BCUT2D eigenvalue weighted by molar-refractivity contribution is 6.35. The summed E-state index contributed by atoms with van der Waals surface area (Å²) >= 11 is 12.4. The van der Waals surface area contributed by atoms with Gasteiger partial charge in [-0.25, -0.2) is 0 Å². The van der Waals surface area contributed by atoms with Gasteiger partial charge in [0.2, 0.25) is 0 Å². The van der Waals surface area contributed by atoms with Gasteiger partial charge >= 0.3 is 0 Å². The summed E-state index contributed by atoms with van der Waals surface area (Å²) in [4.78, 5) is 4.98. The standard InChI is InChI=1S/C18H26Cl2N2/c19-16-6-7-17(20)18(14-16)22-12-10-21(11-13-22)9-8-15-4-2-1-3-5-15/h6-7,14-15H,1-5,8-13H2. The summed E-state index contributed by atoms with van der Waals surface area (Å²) in [5, 5.41) is 1.57. The van der Waals surface area contributed by atoms with Crippen molar-refractivity contribution < 1.29 is 0 Å². The second-order valence-electron chi connectivity index (χ2n) is 6.72. The first kappa shape index (κ1) is 16.4. The molecular formula is C18H26Cl2N2. The highest BCUT2D eigenvalue weighted by Crippen LogP contribution is 2.30. The Morgan fingerprint density at radius 2 is 1.68 bits per heavy atom. The highest BCUT2D eigenvalue weighted by Gasteiger charge is 2.20. The topological polar surface area (TPSA) is 6.48 Å². The minimum Gasteiger partial charge on any atom is -0.368 e. The van der Waals surface area contributed by atoms with E-state index in [9.17, 15) is 0 Å². The predicted molar refractivity (Wildman–Crippen MR) is 96.3 cm³/mol. The molecule has 1 saturated carbocycles. The predicted octanol–water partition coefficient (Wildman–Crippen LogP) is 5.09. The molecule has 1 saturated heterocycles. The molecule has 0 radical (unpaired) electrons. The van der Waals surface area contributed by atoms with E-state index in [0.29, 0.717) is 0 Å². The van der Waals surface area contributed by atoms with E-state index in [1.165, 1.54) is 45.1 Å². The van der Waals surface area contributed by atoms with Crippen LogP contribution in [0.2, 0.25) is 10.0 Å². The average molecular weight is 341 g/mol. The van der Waals surface area contributed by atoms with Crippen LogP contribution in [0.5, 0.6) is 0 Å². The lowest BCUT2D eigenvalue weighted by atomic mass is 9.87. The Hall–Kier alpha value is -0.440. The van der Waals surface area contributed by atoms with Gasteiger partial charge in [-0.1, -0.05) is 55.3 Å². The van der Waals surface area contributed by atoms with E-state index in [-0.39, 0.29) is 0 Å². The van der Waals surface area contributed by atoms with Crippen LogP contribution in [0, 0.1) is 5.92 Å². The van der Waals surface area contributed by atoms with Crippen LogP contribution in [0.15, 0.2) is 18.2 Å². The summed E-state index contributed by atoms with van der Waals surface area (Å²) in [6.45, 7) is 5.63. The van der Waals surface area contributed by atoms with Gasteiger partial charge < -0.3 is 4.90 Å². The van der Waals surface area contributed by atoms with Crippen LogP contribution < -0.4 is 4.90 Å². The number of rotatable bonds is 4. The third-order valence-electron chi connectivity index (χ3n) is 5.20. The SMILES string of the molecule is Clc1ccc(Cl)c(N2CCN(CCC3CCCCC3)CC2)c1. The van der Waals surface area contributed by atoms with Crippen molar-refractivity contribution in [1.82, 2.24) is 4.90 Å². The molecule has 1 aliphatic carbocycles. The molecule has 3 rings (SSSR count). The zero-order valence-corrected chi connectivity index (χ0v) is 14.7. The fourth-order valence-electron chi connectivity index (χ4n) is 3.78. The molecule has 0 amide bonds. The van der Waals surface area contributed by atoms with Crippen molar-refractivity contribution in [1.29, 1.82) is 0 Å². The fraction of sp³-hybridized carbons (Fsp3) is 0.667. The maximum atomic E-state index is 6.31. The molecular weight excluding hydrogens is 315 g/mol. The summed E-state index contributed by atoms with van der Waals surface area (Å²) < 4.78 is 0. The van der Waals surface area contributed by atoms with Crippen molar-refractivity contribution in [2.24, 2.45) is 5.92 Å². The van der Waals surface area contributed by atoms with Crippen LogP contribution in [-0.4, -0.2) is 37.6 Å². The normalized spacial score (nSPS) is 21.3. The Balaban J connectivity index is 1.46. The Morgan fingerprint density at radius 3 is 2.41 bits per heavy atom. The smallest absolute Gasteiger partial charge is 0.0640 e. The highest BCUT2D eigenvalue weighted by atomic mass is 35.5. The van der Waals surface area contributed by atoms with Crippen molar-refractivity contribution in [3.8, 4) is 0 Å². The molecule has 122 valence electrons. The molecule has 0 atom stereocenters. The summed E-state index contributed by atoms with van der Waals surface area (Å²) in [5.41, 5.74) is 1.08. The van der Waals surface area contributed by atoms with Crippen molar-refractivity contribution in [3.05, 3.63) is 28.2 Å². The maximum Gasteiger partial charge on any atom is 0.0640 e. The van der Waals surface area contributed by atoms with Crippen molar-refractivity contribution >= 4 is 28.9 Å². The van der Waals surface area contributed by atoms with Gasteiger partial charge in [0, 0.05) is 31.2 Å². The van der Waals surface area contributed by atoms with E-state index >= 15 is 0 Å². The lowest BCUT2D eigenvalue weighted by Crippen LogP contribution is -2.47. The number of anilines is 1. The van der Waals surface area contributed by atoms with Crippen molar-refractivity contribution in [2.45, 2.75) is 38.5 Å². The monoisotopic (exact) mass is 340 g/mol. The Morgan fingerprint density at radius 1 is 0.955 bits per heavy atom. The first-order chi connectivity index (χ1) is 10.7. The number of nitrogens with zero attached hydrogens (tertiary/aromatic N) is 2. The first-order valence-corrected chi connectivity index (χ1v) is 9.40. The fourth-order valence-corrected chi connectivity index (χ4v) is 4.18. The Bertz CT molecular complexity index is 478. The molecule has 1 aromatic carbocycles. The lowest BCUT2D eigenvalue weighted by Gasteiger charge is -2.37. The van der Waals surface area contributed by atoms with E-state index in [4.69, 9.17) is 23.2 Å². The third-order valence-corrected chi connectivity index (χ3v) is 5.75. The zero-order chi connectivity index (χ0) is 15.4. The third kappa shape index (κ3) is 4.31. The second kappa shape index (κ2) is 7.90. The zero-order valence-electron chi connectivity index (χ0n) is 13.2. The van der Waals surface area contributed by atoms with Crippen LogP contribution in [0.1, 0.15) is 38.5 Å². The molecule has 0 aromatic heterocycles. The van der Waals surface area contributed by atoms with Gasteiger partial charge in [-0.3, -0.25) is 4.90 Å². The summed E-state index contributed by atoms with van der Waals surface area (Å²) in [6.07, 6.45) is 8.65. The molecule has 1 aromatic rings. The van der Waals surface area contributed by atoms with Gasteiger partial charge in [0.1, 0.15) is 0 Å². The molecule has 2 fully saturated rings. The minimum absolute atomic E-state index is 0.763. The number of hydrogen-bond donors (Lipinski definition) is 0. The number of benzene rings is 1. The Labute approximate surface area is 144 Å². The van der Waals surface area contributed by atoms with Gasteiger partial charge in [0.25, 0.3) is 0 Å². The largest absolute Gasteiger partial charge is 0.368 e. The van der Waals surface area contributed by atoms with E-state index in [1.54, 1.807) is 0 Å². The maximum absolute atomic E-state index is 6.31. The van der Waals surface area contributed by atoms with E-state index in [1.807, 2.05) is 18.2 Å². The van der Waals surface area contributed by atoms with E-state index in [2.05, 4.69) is 9.80 Å². The summed E-state index contributed by atoms with van der Waals surface area (Å²) in [5.74, 6) is 0.981. The second-order valence-corrected chi connectivity index (χ2v) is 7.56. The Kier molecular flexibility index (Phi) is 5.89. The van der Waals surface area contributed by atoms with Gasteiger partial charge in [-0.2, -0.15) is 0 Å². The molecule has 0 spiro atoms. The molecule has 22 heavy (non-hydrogen) atoms. The van der Waals surface area contributed by atoms with Gasteiger partial charge in [-0.05, 0) is 37.1 Å². The van der Waals surface area contributed by atoms with Gasteiger partial charge in [0.15, 0.2) is 0 Å². The van der Waals surface area contributed by atoms with Crippen LogP contribution >= 0.6 is 23.2 Å². The quantitative estimate of drug-likeness (QED) is 0.753. The molecule has 1 aliphatic heterocycles. The number of hydrogen-bond acceptors (Lipinski definition) is 2. The van der Waals surface area contributed by atoms with Crippen LogP contribution in [0.3, 0.4) is 0 Å². The molecule has 2 nitrogen and oxygen atoms in total. The van der Waals surface area contributed by atoms with E-state index in [0.717, 1.165) is 47.8 Å². The molecule has 0 unspecified atom stereocenters. The molecule has 2 aliphatic rings. The van der Waals surface area contributed by atoms with Crippen LogP contribution in [0.4, 0.5) is 5.69 Å². The average Bonchev–Trinajstić information content (AvgIpc) is 2.57. The molecule has 0 bridgehead atoms. The first-order valence-electron chi connectivity index (χ1n) is 8.65. The molecule has 0 N–H and O–H groups in total. The number of halogens is 2. The van der Waals surface area contributed by atoms with Crippen molar-refractivity contribution in [2.75, 3.05) is 37.6 Å². The summed E-state index contributed by atoms with van der Waals surface area (Å²) in [7, 11) is 0. The number of piperazine rings is 1. The van der Waals surface area contributed by atoms with Crippen LogP contribution in [-0.2, 0) is 0 Å². The van der Waals surface area contributed by atoms with Crippen LogP contribution in [0.25, 0.3) is 0 Å².